The first-order chi connectivity index (χ1) is 15.4. The van der Waals surface area contributed by atoms with Crippen molar-refractivity contribution in [3.8, 4) is 5.75 Å². The zero-order valence-electron chi connectivity index (χ0n) is 17.9. The minimum Gasteiger partial charge on any atom is -0.495 e. The molecule has 2 saturated heterocycles. The van der Waals surface area contributed by atoms with Crippen LogP contribution in [0.1, 0.15) is 12.0 Å². The molecule has 32 heavy (non-hydrogen) atoms. The number of methoxy groups -OCH3 is 1. The molecule has 0 saturated carbocycles. The first-order valence-corrected chi connectivity index (χ1v) is 10.9. The number of hydrogen-bond acceptors (Lipinski definition) is 5. The second kappa shape index (κ2) is 8.88. The van der Waals surface area contributed by atoms with Crippen LogP contribution in [0, 0.1) is 0 Å². The minimum absolute atomic E-state index is 0.00484. The number of ether oxygens (including phenoxy) is 1. The molecule has 2 fully saturated rings. The molecule has 3 amide bonds. The summed E-state index contributed by atoms with van der Waals surface area (Å²) in [6.07, 6.45) is -0.764. The predicted octanol–water partition coefficient (Wildman–Crippen LogP) is 2.04. The van der Waals surface area contributed by atoms with Crippen molar-refractivity contribution in [1.29, 1.82) is 0 Å². The highest BCUT2D eigenvalue weighted by molar-refractivity contribution is 6.30. The van der Waals surface area contributed by atoms with Gasteiger partial charge in [0.2, 0.25) is 0 Å². The summed E-state index contributed by atoms with van der Waals surface area (Å²) in [6, 6.07) is 13.8. The second-order valence-electron chi connectivity index (χ2n) is 8.13. The molecule has 2 aliphatic rings. The van der Waals surface area contributed by atoms with Gasteiger partial charge in [-0.3, -0.25) is 4.79 Å². The van der Waals surface area contributed by atoms with Crippen molar-refractivity contribution in [2.75, 3.05) is 44.7 Å². The van der Waals surface area contributed by atoms with Crippen LogP contribution >= 0.6 is 11.6 Å². The molecule has 8 nitrogen and oxygen atoms in total. The van der Waals surface area contributed by atoms with Crippen LogP contribution in [-0.4, -0.2) is 72.8 Å². The summed E-state index contributed by atoms with van der Waals surface area (Å²) in [5.74, 6) is 0.540. The molecular weight excluding hydrogens is 432 g/mol. The Morgan fingerprint density at radius 2 is 1.75 bits per heavy atom. The third-order valence-corrected chi connectivity index (χ3v) is 6.57. The first kappa shape index (κ1) is 22.2. The summed E-state index contributed by atoms with van der Waals surface area (Å²) in [5.41, 5.74) is 5.87. The number of primary amides is 1. The summed E-state index contributed by atoms with van der Waals surface area (Å²) in [6.45, 7) is 2.17. The highest BCUT2D eigenvalue weighted by Crippen LogP contribution is 2.41. The summed E-state index contributed by atoms with van der Waals surface area (Å²) in [5, 5.41) is 10.9. The van der Waals surface area contributed by atoms with E-state index < -0.39 is 17.7 Å². The molecule has 2 aromatic carbocycles. The number of benzene rings is 2. The van der Waals surface area contributed by atoms with Crippen molar-refractivity contribution in [2.45, 2.75) is 18.1 Å². The van der Waals surface area contributed by atoms with Crippen LogP contribution in [0.4, 0.5) is 10.5 Å². The van der Waals surface area contributed by atoms with E-state index in [0.717, 1.165) is 11.4 Å². The fourth-order valence-corrected chi connectivity index (χ4v) is 4.91. The Labute approximate surface area is 192 Å². The average Bonchev–Trinajstić information content (AvgIpc) is 3.17. The minimum atomic E-state index is -1.36. The lowest BCUT2D eigenvalue weighted by molar-refractivity contribution is -0.142. The van der Waals surface area contributed by atoms with Gasteiger partial charge in [0, 0.05) is 44.2 Å². The molecule has 2 aliphatic heterocycles. The number of piperazine rings is 1. The Balaban J connectivity index is 1.62. The van der Waals surface area contributed by atoms with Gasteiger partial charge >= 0.3 is 6.03 Å². The van der Waals surface area contributed by atoms with Crippen molar-refractivity contribution < 1.29 is 19.4 Å². The third kappa shape index (κ3) is 3.84. The van der Waals surface area contributed by atoms with Gasteiger partial charge in [-0.15, -0.1) is 0 Å². The van der Waals surface area contributed by atoms with Crippen LogP contribution in [0.2, 0.25) is 5.02 Å². The zero-order valence-corrected chi connectivity index (χ0v) is 18.7. The van der Waals surface area contributed by atoms with Crippen LogP contribution in [0.25, 0.3) is 0 Å². The van der Waals surface area contributed by atoms with E-state index >= 15 is 0 Å². The lowest BCUT2D eigenvalue weighted by Gasteiger charge is -2.43. The van der Waals surface area contributed by atoms with Gasteiger partial charge in [0.15, 0.2) is 5.54 Å². The molecule has 0 aromatic heterocycles. The summed E-state index contributed by atoms with van der Waals surface area (Å²) < 4.78 is 5.47. The van der Waals surface area contributed by atoms with Crippen LogP contribution < -0.4 is 15.4 Å². The van der Waals surface area contributed by atoms with Crippen molar-refractivity contribution in [1.82, 2.24) is 9.80 Å². The van der Waals surface area contributed by atoms with Gasteiger partial charge in [0.1, 0.15) is 5.75 Å². The normalized spacial score (nSPS) is 23.3. The van der Waals surface area contributed by atoms with E-state index in [4.69, 9.17) is 22.1 Å². The number of nitrogens with two attached hydrogens (primary N) is 1. The number of carbonyl (C=O) groups excluding carboxylic acids is 2. The van der Waals surface area contributed by atoms with E-state index in [1.165, 1.54) is 4.90 Å². The fraction of sp³-hybridized carbons (Fsp3) is 0.391. The molecular formula is C23H27ClN4O4. The molecule has 0 unspecified atom stereocenters. The molecule has 3 N–H and O–H groups in total. The Kier molecular flexibility index (Phi) is 6.17. The Morgan fingerprint density at radius 3 is 2.38 bits per heavy atom. The Bertz CT molecular complexity index is 994. The van der Waals surface area contributed by atoms with E-state index in [0.29, 0.717) is 36.8 Å². The van der Waals surface area contributed by atoms with E-state index in [1.807, 2.05) is 24.3 Å². The number of aliphatic hydroxyl groups is 1. The second-order valence-corrected chi connectivity index (χ2v) is 8.56. The number of β-amino-alcohol motifs (C(OH)–C–C–N with tert-alkyl or cyclic N) is 1. The molecule has 0 radical (unpaired) electrons. The number of nitrogens with zero attached hydrogens (tertiary/aromatic N) is 3. The molecule has 9 heteroatoms. The highest BCUT2D eigenvalue weighted by Gasteiger charge is 2.55. The van der Waals surface area contributed by atoms with Crippen molar-refractivity contribution in [3.63, 3.8) is 0 Å². The van der Waals surface area contributed by atoms with Crippen LogP contribution in [0.3, 0.4) is 0 Å². The molecule has 2 aromatic rings. The van der Waals surface area contributed by atoms with Gasteiger partial charge in [-0.1, -0.05) is 35.9 Å². The van der Waals surface area contributed by atoms with Gasteiger partial charge in [-0.05, 0) is 29.8 Å². The quantitative estimate of drug-likeness (QED) is 0.730. The average molecular weight is 459 g/mol. The van der Waals surface area contributed by atoms with E-state index in [9.17, 15) is 14.7 Å². The summed E-state index contributed by atoms with van der Waals surface area (Å²) in [7, 11) is 1.64. The molecule has 170 valence electrons. The molecule has 0 spiro atoms. The number of para-hydroxylation sites is 2. The molecule has 2 atom stereocenters. The van der Waals surface area contributed by atoms with Gasteiger partial charge in [-0.2, -0.15) is 0 Å². The standard InChI is InChI=1S/C23H27ClN4O4/c1-32-20-5-3-2-4-19(20)26-10-12-27(13-11-26)21(30)23(16-6-8-17(24)9-7-16)14-18(29)15-28(23)22(25)31/h2-9,18,29H,10-15H2,1H3,(H2,25,31)/t18-,23-/m1/s1. The number of anilines is 1. The number of amides is 3. The fourth-order valence-electron chi connectivity index (χ4n) is 4.79. The third-order valence-electron chi connectivity index (χ3n) is 6.32. The monoisotopic (exact) mass is 458 g/mol. The number of likely N-dealkylation sites (tertiary alicyclic amines) is 1. The first-order valence-electron chi connectivity index (χ1n) is 10.6. The molecule has 0 bridgehead atoms. The van der Waals surface area contributed by atoms with E-state index in [1.54, 1.807) is 36.3 Å². The largest absolute Gasteiger partial charge is 0.495 e. The van der Waals surface area contributed by atoms with Crippen LogP contribution in [-0.2, 0) is 10.3 Å². The van der Waals surface area contributed by atoms with Crippen molar-refractivity contribution in [3.05, 3.63) is 59.1 Å². The topological polar surface area (TPSA) is 99.3 Å². The number of halogens is 1. The number of aliphatic hydroxyl groups excluding tert-OH is 1. The highest BCUT2D eigenvalue weighted by atomic mass is 35.5. The predicted molar refractivity (Wildman–Crippen MR) is 122 cm³/mol. The van der Waals surface area contributed by atoms with E-state index in [-0.39, 0.29) is 18.9 Å². The number of hydrogen-bond donors (Lipinski definition) is 2. The van der Waals surface area contributed by atoms with Crippen molar-refractivity contribution in [2.24, 2.45) is 5.73 Å². The van der Waals surface area contributed by atoms with Gasteiger partial charge in [-0.25, -0.2) is 4.79 Å². The number of urea groups is 1. The maximum atomic E-state index is 13.9. The summed E-state index contributed by atoms with van der Waals surface area (Å²) >= 11 is 6.05. The van der Waals surface area contributed by atoms with E-state index in [2.05, 4.69) is 4.90 Å². The molecule has 4 rings (SSSR count). The van der Waals surface area contributed by atoms with Gasteiger partial charge in [0.25, 0.3) is 5.91 Å². The maximum absolute atomic E-state index is 13.9. The van der Waals surface area contributed by atoms with Crippen molar-refractivity contribution >= 4 is 29.2 Å². The lowest BCUT2D eigenvalue weighted by Crippen LogP contribution is -2.60. The molecule has 2 heterocycles. The SMILES string of the molecule is COc1ccccc1N1CCN(C(=O)[C@]2(c3ccc(Cl)cc3)C[C@@H](O)CN2C(N)=O)CC1. The van der Waals surface area contributed by atoms with Gasteiger partial charge in [0.05, 0.1) is 18.9 Å². The zero-order chi connectivity index (χ0) is 22.9. The number of carbonyl (C=O) groups is 2. The Morgan fingerprint density at radius 1 is 1.09 bits per heavy atom. The van der Waals surface area contributed by atoms with Crippen LogP contribution in [0.15, 0.2) is 48.5 Å². The Hall–Kier alpha value is -2.97. The summed E-state index contributed by atoms with van der Waals surface area (Å²) in [4.78, 5) is 31.4. The smallest absolute Gasteiger partial charge is 0.316 e. The van der Waals surface area contributed by atoms with Gasteiger partial charge < -0.3 is 30.3 Å². The lowest BCUT2D eigenvalue weighted by atomic mass is 9.85. The molecule has 0 aliphatic carbocycles. The maximum Gasteiger partial charge on any atom is 0.316 e. The number of rotatable bonds is 4. The van der Waals surface area contributed by atoms with Crippen LogP contribution in [0.5, 0.6) is 5.75 Å².